The number of rotatable bonds is 3. The van der Waals surface area contributed by atoms with E-state index >= 15 is 0 Å². The van der Waals surface area contributed by atoms with Gasteiger partial charge in [0.1, 0.15) is 5.54 Å². The highest BCUT2D eigenvalue weighted by molar-refractivity contribution is 5.82. The molecule has 1 atom stereocenters. The second-order valence-corrected chi connectivity index (χ2v) is 4.64. The van der Waals surface area contributed by atoms with Crippen LogP contribution in [0.2, 0.25) is 0 Å². The molecule has 0 aromatic heterocycles. The Morgan fingerprint density at radius 2 is 1.53 bits per heavy atom. The van der Waals surface area contributed by atoms with Gasteiger partial charge < -0.3 is 10.5 Å². The van der Waals surface area contributed by atoms with Gasteiger partial charge in [0.05, 0.1) is 7.11 Å². The van der Waals surface area contributed by atoms with Crippen LogP contribution in [-0.2, 0) is 15.1 Å². The van der Waals surface area contributed by atoms with Gasteiger partial charge >= 0.3 is 5.97 Å². The number of methoxy groups -OCH3 is 1. The van der Waals surface area contributed by atoms with Crippen molar-refractivity contribution in [3.63, 3.8) is 0 Å². The lowest BCUT2D eigenvalue weighted by Crippen LogP contribution is -2.42. The highest BCUT2D eigenvalue weighted by Crippen LogP contribution is 2.24. The molecule has 2 aromatic rings. The Labute approximate surface area is 113 Å². The first-order chi connectivity index (χ1) is 9.05. The van der Waals surface area contributed by atoms with Crippen molar-refractivity contribution in [2.24, 2.45) is 5.73 Å². The van der Waals surface area contributed by atoms with Crippen molar-refractivity contribution in [3.8, 4) is 11.1 Å². The van der Waals surface area contributed by atoms with Crippen molar-refractivity contribution in [3.05, 3.63) is 60.2 Å². The standard InChI is InChI=1S/C16H17NO2/c1-16(17,15(18)19-2)14-10-8-13(9-11-14)12-6-4-3-5-7-12/h3-11H,17H2,1-2H3. The summed E-state index contributed by atoms with van der Waals surface area (Å²) in [7, 11) is 1.34. The zero-order valence-electron chi connectivity index (χ0n) is 11.1. The second-order valence-electron chi connectivity index (χ2n) is 4.64. The number of carbonyl (C=O) groups is 1. The highest BCUT2D eigenvalue weighted by Gasteiger charge is 2.31. The molecule has 0 saturated carbocycles. The van der Waals surface area contributed by atoms with Gasteiger partial charge in [-0.05, 0) is 23.6 Å². The molecule has 0 saturated heterocycles. The molecule has 1 unspecified atom stereocenters. The van der Waals surface area contributed by atoms with Gasteiger partial charge in [0, 0.05) is 0 Å². The summed E-state index contributed by atoms with van der Waals surface area (Å²) in [5.74, 6) is -0.444. The predicted octanol–water partition coefficient (Wildman–Crippen LogP) is 2.70. The summed E-state index contributed by atoms with van der Waals surface area (Å²) in [4.78, 5) is 11.6. The zero-order valence-corrected chi connectivity index (χ0v) is 11.1. The molecule has 2 rings (SSSR count). The SMILES string of the molecule is COC(=O)C(C)(N)c1ccc(-c2ccccc2)cc1. The van der Waals surface area contributed by atoms with Crippen molar-refractivity contribution in [1.29, 1.82) is 0 Å². The van der Waals surface area contributed by atoms with E-state index in [4.69, 9.17) is 10.5 Å². The normalized spacial score (nSPS) is 13.6. The van der Waals surface area contributed by atoms with E-state index in [1.54, 1.807) is 6.92 Å². The van der Waals surface area contributed by atoms with Gasteiger partial charge in [0.2, 0.25) is 0 Å². The zero-order chi connectivity index (χ0) is 13.9. The van der Waals surface area contributed by atoms with Crippen LogP contribution in [0.25, 0.3) is 11.1 Å². The molecular weight excluding hydrogens is 238 g/mol. The number of benzene rings is 2. The molecule has 3 heteroatoms. The lowest BCUT2D eigenvalue weighted by atomic mass is 9.91. The summed E-state index contributed by atoms with van der Waals surface area (Å²) < 4.78 is 4.72. The van der Waals surface area contributed by atoms with Gasteiger partial charge in [0.25, 0.3) is 0 Å². The Hall–Kier alpha value is -2.13. The van der Waals surface area contributed by atoms with Crippen LogP contribution < -0.4 is 5.73 Å². The van der Waals surface area contributed by atoms with Crippen LogP contribution >= 0.6 is 0 Å². The Bertz CT molecular complexity index is 559. The smallest absolute Gasteiger partial charge is 0.330 e. The molecule has 2 N–H and O–H groups in total. The molecule has 0 amide bonds. The Balaban J connectivity index is 2.31. The van der Waals surface area contributed by atoms with Crippen molar-refractivity contribution in [2.45, 2.75) is 12.5 Å². The average molecular weight is 255 g/mol. The summed E-state index contributed by atoms with van der Waals surface area (Å²) >= 11 is 0. The highest BCUT2D eigenvalue weighted by atomic mass is 16.5. The molecular formula is C16H17NO2. The van der Waals surface area contributed by atoms with Crippen LogP contribution in [0.3, 0.4) is 0 Å². The van der Waals surface area contributed by atoms with Crippen LogP contribution in [-0.4, -0.2) is 13.1 Å². The molecule has 0 aliphatic heterocycles. The first kappa shape index (κ1) is 13.3. The summed E-state index contributed by atoms with van der Waals surface area (Å²) in [6.07, 6.45) is 0. The minimum Gasteiger partial charge on any atom is -0.467 e. The lowest BCUT2D eigenvalue weighted by Gasteiger charge is -2.22. The monoisotopic (exact) mass is 255 g/mol. The van der Waals surface area contributed by atoms with Crippen LogP contribution in [0.15, 0.2) is 54.6 Å². The fourth-order valence-electron chi connectivity index (χ4n) is 1.97. The van der Waals surface area contributed by atoms with Crippen molar-refractivity contribution in [1.82, 2.24) is 0 Å². The number of hydrogen-bond acceptors (Lipinski definition) is 3. The molecule has 0 radical (unpaired) electrons. The number of carbonyl (C=O) groups excluding carboxylic acids is 1. The van der Waals surface area contributed by atoms with Crippen molar-refractivity contribution < 1.29 is 9.53 Å². The van der Waals surface area contributed by atoms with Gasteiger partial charge in [-0.15, -0.1) is 0 Å². The van der Waals surface area contributed by atoms with E-state index in [1.807, 2.05) is 54.6 Å². The number of hydrogen-bond donors (Lipinski definition) is 1. The van der Waals surface area contributed by atoms with E-state index in [9.17, 15) is 4.79 Å². The first-order valence-electron chi connectivity index (χ1n) is 6.09. The quantitative estimate of drug-likeness (QED) is 0.858. The summed E-state index contributed by atoms with van der Waals surface area (Å²) in [5.41, 5.74) is 7.84. The van der Waals surface area contributed by atoms with E-state index < -0.39 is 11.5 Å². The van der Waals surface area contributed by atoms with E-state index in [1.165, 1.54) is 7.11 Å². The fraction of sp³-hybridized carbons (Fsp3) is 0.188. The Morgan fingerprint density at radius 3 is 2.05 bits per heavy atom. The van der Waals surface area contributed by atoms with E-state index in [2.05, 4.69) is 0 Å². The molecule has 0 heterocycles. The molecule has 0 spiro atoms. The summed E-state index contributed by atoms with van der Waals surface area (Å²) in [6.45, 7) is 1.65. The van der Waals surface area contributed by atoms with E-state index in [-0.39, 0.29) is 0 Å². The Morgan fingerprint density at radius 1 is 1.00 bits per heavy atom. The third-order valence-electron chi connectivity index (χ3n) is 3.20. The minimum absolute atomic E-state index is 0.444. The van der Waals surface area contributed by atoms with Gasteiger partial charge in [-0.2, -0.15) is 0 Å². The molecule has 0 aliphatic rings. The first-order valence-corrected chi connectivity index (χ1v) is 6.09. The third-order valence-corrected chi connectivity index (χ3v) is 3.20. The molecule has 2 aromatic carbocycles. The van der Waals surface area contributed by atoms with Crippen LogP contribution in [0.5, 0.6) is 0 Å². The summed E-state index contributed by atoms with van der Waals surface area (Å²) in [5, 5.41) is 0. The van der Waals surface area contributed by atoms with Crippen LogP contribution in [0.1, 0.15) is 12.5 Å². The van der Waals surface area contributed by atoms with Gasteiger partial charge in [-0.1, -0.05) is 54.6 Å². The second kappa shape index (κ2) is 5.24. The van der Waals surface area contributed by atoms with Gasteiger partial charge in [0.15, 0.2) is 0 Å². The van der Waals surface area contributed by atoms with Crippen molar-refractivity contribution in [2.75, 3.05) is 7.11 Å². The molecule has 0 bridgehead atoms. The van der Waals surface area contributed by atoms with Gasteiger partial charge in [-0.3, -0.25) is 0 Å². The number of esters is 1. The average Bonchev–Trinajstić information content (AvgIpc) is 2.47. The van der Waals surface area contributed by atoms with E-state index in [0.29, 0.717) is 0 Å². The molecule has 0 aliphatic carbocycles. The minimum atomic E-state index is -1.12. The van der Waals surface area contributed by atoms with Crippen LogP contribution in [0, 0.1) is 0 Å². The topological polar surface area (TPSA) is 52.3 Å². The molecule has 98 valence electrons. The summed E-state index contributed by atoms with van der Waals surface area (Å²) in [6, 6.07) is 17.7. The predicted molar refractivity (Wildman–Crippen MR) is 75.4 cm³/mol. The fourth-order valence-corrected chi connectivity index (χ4v) is 1.97. The largest absolute Gasteiger partial charge is 0.467 e. The van der Waals surface area contributed by atoms with Gasteiger partial charge in [-0.25, -0.2) is 4.79 Å². The van der Waals surface area contributed by atoms with E-state index in [0.717, 1.165) is 16.7 Å². The Kier molecular flexibility index (Phi) is 3.67. The maximum atomic E-state index is 11.6. The molecule has 3 nitrogen and oxygen atoms in total. The lowest BCUT2D eigenvalue weighted by molar-refractivity contribution is -0.146. The van der Waals surface area contributed by atoms with Crippen molar-refractivity contribution >= 4 is 5.97 Å². The maximum absolute atomic E-state index is 11.6. The van der Waals surface area contributed by atoms with Crippen LogP contribution in [0.4, 0.5) is 0 Å². The molecule has 19 heavy (non-hydrogen) atoms. The molecule has 0 fully saturated rings. The number of ether oxygens (including phenoxy) is 1. The number of nitrogens with two attached hydrogens (primary N) is 1. The maximum Gasteiger partial charge on any atom is 0.330 e. The third kappa shape index (κ3) is 2.66.